The lowest BCUT2D eigenvalue weighted by molar-refractivity contribution is -0.106. The Bertz CT molecular complexity index is 1220. The highest BCUT2D eigenvalue weighted by Crippen LogP contribution is 2.22. The molecule has 232 valence electrons. The average molecular weight is 602 g/mol. The van der Waals surface area contributed by atoms with Gasteiger partial charge in [-0.3, -0.25) is 9.38 Å². The fourth-order valence-electron chi connectivity index (χ4n) is 4.35. The predicted molar refractivity (Wildman–Crippen MR) is 175 cm³/mol. The number of halogens is 2. The summed E-state index contributed by atoms with van der Waals surface area (Å²) in [6, 6.07) is 6.90. The van der Waals surface area contributed by atoms with Crippen LogP contribution in [-0.4, -0.2) is 77.4 Å². The van der Waals surface area contributed by atoms with Crippen LogP contribution >= 0.6 is 11.8 Å². The number of benzene rings is 1. The number of hydrogen-bond acceptors (Lipinski definition) is 6. The molecule has 0 fully saturated rings. The molecule has 1 aliphatic heterocycles. The van der Waals surface area contributed by atoms with Crippen molar-refractivity contribution < 1.29 is 13.6 Å². The van der Waals surface area contributed by atoms with Gasteiger partial charge in [-0.15, -0.1) is 10.2 Å². The maximum atomic E-state index is 13.1. The lowest BCUT2D eigenvalue weighted by Gasteiger charge is -2.19. The molecule has 0 amide bonds. The Kier molecular flexibility index (Phi) is 18.5. The molecule has 0 unspecified atom stereocenters. The zero-order chi connectivity index (χ0) is 31.5. The van der Waals surface area contributed by atoms with Crippen LogP contribution in [0.5, 0.6) is 0 Å². The highest BCUT2D eigenvalue weighted by Gasteiger charge is 2.16. The molecular weight excluding hydrogens is 552 g/mol. The summed E-state index contributed by atoms with van der Waals surface area (Å²) >= 11 is 1.74. The molecule has 0 aliphatic carbocycles. The number of hydrogen-bond donors (Lipinski definition) is 0. The Labute approximate surface area is 256 Å². The number of aromatic nitrogens is 3. The third-order valence-electron chi connectivity index (χ3n) is 6.62. The van der Waals surface area contributed by atoms with E-state index in [9.17, 15) is 8.78 Å². The van der Waals surface area contributed by atoms with Crippen LogP contribution in [0.1, 0.15) is 64.1 Å². The quantitative estimate of drug-likeness (QED) is 0.119. The minimum atomic E-state index is -0.483. The van der Waals surface area contributed by atoms with Gasteiger partial charge in [0.25, 0.3) is 0 Å². The lowest BCUT2D eigenvalue weighted by Crippen LogP contribution is -2.28. The van der Waals surface area contributed by atoms with E-state index in [4.69, 9.17) is 9.79 Å². The van der Waals surface area contributed by atoms with E-state index in [0.717, 1.165) is 73.3 Å². The lowest BCUT2D eigenvalue weighted by atomic mass is 9.98. The maximum absolute atomic E-state index is 13.1. The molecule has 0 saturated carbocycles. The minimum absolute atomic E-state index is 0.483. The van der Waals surface area contributed by atoms with Crippen LogP contribution in [-0.2, 0) is 24.7 Å². The van der Waals surface area contributed by atoms with Crippen LogP contribution in [0.25, 0.3) is 5.57 Å². The number of carbonyl (C=O) groups excluding carboxylic acids is 1. The number of carbonyl (C=O) groups is 1. The fraction of sp³-hybridized carbons (Fsp3) is 0.515. The second-order valence-electron chi connectivity index (χ2n) is 10.3. The smallest absolute Gasteiger partial charge is 0.191 e. The first-order valence-corrected chi connectivity index (χ1v) is 15.4. The summed E-state index contributed by atoms with van der Waals surface area (Å²) in [5, 5.41) is 9.69. The number of nitrogens with zero attached hydrogens (tertiary/aromatic N) is 5. The van der Waals surface area contributed by atoms with Gasteiger partial charge in [0.2, 0.25) is 0 Å². The van der Waals surface area contributed by atoms with Gasteiger partial charge in [0, 0.05) is 44.7 Å². The Morgan fingerprint density at radius 2 is 1.76 bits per heavy atom. The van der Waals surface area contributed by atoms with E-state index in [1.165, 1.54) is 23.6 Å². The Morgan fingerprint density at radius 1 is 1.10 bits per heavy atom. The van der Waals surface area contributed by atoms with Crippen molar-refractivity contribution in [2.24, 2.45) is 18.0 Å². The molecule has 0 spiro atoms. The van der Waals surface area contributed by atoms with Crippen molar-refractivity contribution in [1.82, 2.24) is 19.7 Å². The molecule has 2 aromatic rings. The second-order valence-corrected chi connectivity index (χ2v) is 11.4. The van der Waals surface area contributed by atoms with Crippen LogP contribution in [0.3, 0.4) is 0 Å². The van der Waals surface area contributed by atoms with Crippen LogP contribution in [0.15, 0.2) is 58.2 Å². The van der Waals surface area contributed by atoms with Crippen LogP contribution in [0.2, 0.25) is 0 Å². The van der Waals surface area contributed by atoms with Gasteiger partial charge in [0.05, 0.1) is 7.18 Å². The third kappa shape index (κ3) is 12.5. The molecule has 0 atom stereocenters. The Hall–Kier alpha value is -2.91. The standard InChI is InChI=1S/C30H42FN5S.C2H4O.CH3F/c1-7-8-25(20-31)10-9-23(4)29-33-34-30(35(29)6)37-18-17-36-15-13-26-11-12-27(19-28(26)14-16-36)24(5)32-21-22(2)3;1-2-3;1-2/h7-12,19,22H,13-18,20-21H2,1-6H3;2H,1H3;1H3/b8-7-,23-9+,25-10+,32-24?;;. The zero-order valence-electron chi connectivity index (χ0n) is 26.7. The molecule has 0 saturated heterocycles. The fourth-order valence-corrected chi connectivity index (χ4v) is 5.26. The molecule has 0 bridgehead atoms. The van der Waals surface area contributed by atoms with Crippen molar-refractivity contribution in [3.05, 3.63) is 70.6 Å². The molecular formula is C33H49F2N5OS. The summed E-state index contributed by atoms with van der Waals surface area (Å²) in [7, 11) is 2.49. The van der Waals surface area contributed by atoms with Gasteiger partial charge in [0.1, 0.15) is 13.0 Å². The van der Waals surface area contributed by atoms with E-state index < -0.39 is 6.67 Å². The number of thioether (sulfide) groups is 1. The summed E-state index contributed by atoms with van der Waals surface area (Å²) in [4.78, 5) is 16.1. The first-order valence-electron chi connectivity index (χ1n) is 14.5. The van der Waals surface area contributed by atoms with Gasteiger partial charge in [0.15, 0.2) is 11.0 Å². The molecule has 42 heavy (non-hydrogen) atoms. The SMILES string of the molecule is CC=O.CF.C\C=C/C(=C\C=C(/C)c1nnc(SCCN2CCc3ccc(C(C)=NCC(C)C)cc3CC2)n1C)CF. The number of allylic oxidation sites excluding steroid dienone is 6. The van der Waals surface area contributed by atoms with E-state index in [-0.39, 0.29) is 0 Å². The normalized spacial score (nSPS) is 14.6. The summed E-state index contributed by atoms with van der Waals surface area (Å²) in [6.45, 7) is 15.4. The second kappa shape index (κ2) is 20.9. The van der Waals surface area contributed by atoms with E-state index >= 15 is 0 Å². The molecule has 1 aromatic heterocycles. The molecule has 6 nitrogen and oxygen atoms in total. The molecule has 0 N–H and O–H groups in total. The zero-order valence-corrected chi connectivity index (χ0v) is 27.5. The number of aldehydes is 1. The van der Waals surface area contributed by atoms with Gasteiger partial charge >= 0.3 is 0 Å². The highest BCUT2D eigenvalue weighted by molar-refractivity contribution is 7.99. The predicted octanol–water partition coefficient (Wildman–Crippen LogP) is 7.14. The highest BCUT2D eigenvalue weighted by atomic mass is 32.2. The Morgan fingerprint density at radius 3 is 2.38 bits per heavy atom. The van der Waals surface area contributed by atoms with E-state index in [0.29, 0.717) is 18.7 Å². The average Bonchev–Trinajstić information content (AvgIpc) is 3.23. The largest absolute Gasteiger partial charge is 0.305 e. The number of rotatable bonds is 11. The monoisotopic (exact) mass is 601 g/mol. The van der Waals surface area contributed by atoms with Gasteiger partial charge in [-0.05, 0) is 80.4 Å². The van der Waals surface area contributed by atoms with Gasteiger partial charge < -0.3 is 14.3 Å². The van der Waals surface area contributed by atoms with Crippen molar-refractivity contribution in [3.8, 4) is 0 Å². The molecule has 0 radical (unpaired) electrons. The first-order chi connectivity index (χ1) is 20.2. The van der Waals surface area contributed by atoms with Gasteiger partial charge in [-0.25, -0.2) is 4.39 Å². The van der Waals surface area contributed by atoms with Crippen LogP contribution in [0.4, 0.5) is 8.78 Å². The van der Waals surface area contributed by atoms with E-state index in [1.54, 1.807) is 23.9 Å². The van der Waals surface area contributed by atoms with Crippen LogP contribution < -0.4 is 0 Å². The molecule has 3 rings (SSSR count). The molecule has 2 heterocycles. The van der Waals surface area contributed by atoms with E-state index in [1.807, 2.05) is 37.6 Å². The summed E-state index contributed by atoms with van der Waals surface area (Å²) in [5.41, 5.74) is 6.93. The third-order valence-corrected chi connectivity index (χ3v) is 7.62. The first kappa shape index (κ1) is 37.1. The number of alkyl halides is 2. The van der Waals surface area contributed by atoms with Crippen molar-refractivity contribution >= 4 is 29.3 Å². The van der Waals surface area contributed by atoms with Crippen LogP contribution in [0, 0.1) is 5.92 Å². The van der Waals surface area contributed by atoms with E-state index in [2.05, 4.69) is 54.1 Å². The van der Waals surface area contributed by atoms with Crippen molar-refractivity contribution in [2.45, 2.75) is 59.5 Å². The topological polar surface area (TPSA) is 63.4 Å². The van der Waals surface area contributed by atoms with Crippen molar-refractivity contribution in [3.63, 3.8) is 0 Å². The van der Waals surface area contributed by atoms with Crippen molar-refractivity contribution in [1.29, 1.82) is 0 Å². The minimum Gasteiger partial charge on any atom is -0.305 e. The molecule has 9 heteroatoms. The molecule has 1 aliphatic rings. The number of fused-ring (bicyclic) bond motifs is 1. The summed E-state index contributed by atoms with van der Waals surface area (Å²) < 4.78 is 24.6. The van der Waals surface area contributed by atoms with Crippen molar-refractivity contribution in [2.75, 3.05) is 45.8 Å². The maximum Gasteiger partial charge on any atom is 0.191 e. The summed E-state index contributed by atoms with van der Waals surface area (Å²) in [6.07, 6.45) is 10.2. The van der Waals surface area contributed by atoms with Gasteiger partial charge in [-0.1, -0.05) is 62.0 Å². The number of aliphatic imine (C=N–C) groups is 1. The molecule has 1 aromatic carbocycles. The Balaban J connectivity index is 0.00000165. The summed E-state index contributed by atoms with van der Waals surface area (Å²) in [5.74, 6) is 2.35. The van der Waals surface area contributed by atoms with Gasteiger partial charge in [-0.2, -0.15) is 0 Å².